The molecule has 1 aliphatic rings. The first kappa shape index (κ1) is 13.9. The summed E-state index contributed by atoms with van der Waals surface area (Å²) in [6, 6.07) is 0.355. The molecule has 4 heteroatoms. The summed E-state index contributed by atoms with van der Waals surface area (Å²) in [4.78, 5) is 0. The summed E-state index contributed by atoms with van der Waals surface area (Å²) in [5, 5.41) is 8.75. The normalized spacial score (nSPS) is 18.4. The lowest BCUT2D eigenvalue weighted by Gasteiger charge is -2.22. The predicted molar refractivity (Wildman–Crippen MR) is 75.9 cm³/mol. The van der Waals surface area contributed by atoms with Gasteiger partial charge in [0.05, 0.1) is 23.0 Å². The number of rotatable bonds is 6. The van der Waals surface area contributed by atoms with E-state index in [9.17, 15) is 0 Å². The van der Waals surface area contributed by atoms with Crippen molar-refractivity contribution >= 4 is 11.6 Å². The molecule has 0 aliphatic heterocycles. The molecule has 0 bridgehead atoms. The van der Waals surface area contributed by atoms with E-state index in [1.807, 2.05) is 4.68 Å². The van der Waals surface area contributed by atoms with Gasteiger partial charge in [-0.2, -0.15) is 5.10 Å². The van der Waals surface area contributed by atoms with Gasteiger partial charge < -0.3 is 5.32 Å². The van der Waals surface area contributed by atoms with Crippen molar-refractivity contribution in [1.29, 1.82) is 0 Å². The maximum Gasteiger partial charge on any atom is 0.0834 e. The minimum atomic E-state index is 0.355. The number of aryl methyl sites for hydroxylation is 1. The van der Waals surface area contributed by atoms with Crippen molar-refractivity contribution < 1.29 is 0 Å². The smallest absolute Gasteiger partial charge is 0.0834 e. The van der Waals surface area contributed by atoms with Crippen LogP contribution in [0.5, 0.6) is 0 Å². The second-order valence-corrected chi connectivity index (χ2v) is 5.60. The Kier molecular flexibility index (Phi) is 5.07. The zero-order valence-corrected chi connectivity index (χ0v) is 12.2. The molecule has 0 radical (unpaired) electrons. The lowest BCUT2D eigenvalue weighted by atomic mass is 9.96. The summed E-state index contributed by atoms with van der Waals surface area (Å²) in [5.74, 6) is 0.852. The quantitative estimate of drug-likeness (QED) is 0.852. The second-order valence-electron chi connectivity index (χ2n) is 5.19. The topological polar surface area (TPSA) is 29.9 Å². The van der Waals surface area contributed by atoms with Crippen LogP contribution in [-0.4, -0.2) is 16.3 Å². The molecule has 3 nitrogen and oxygen atoms in total. The van der Waals surface area contributed by atoms with Crippen LogP contribution in [0.2, 0.25) is 5.02 Å². The molecule has 1 fully saturated rings. The number of hydrogen-bond acceptors (Lipinski definition) is 2. The van der Waals surface area contributed by atoms with Crippen molar-refractivity contribution in [3.8, 4) is 0 Å². The first-order valence-corrected chi connectivity index (χ1v) is 7.58. The van der Waals surface area contributed by atoms with Crippen LogP contribution in [0, 0.1) is 5.92 Å². The van der Waals surface area contributed by atoms with Gasteiger partial charge in [0, 0.05) is 6.54 Å². The Balaban J connectivity index is 2.14. The predicted octanol–water partition coefficient (Wildman–Crippen LogP) is 3.79. The van der Waals surface area contributed by atoms with Gasteiger partial charge in [0.25, 0.3) is 0 Å². The SMILES string of the molecule is CCNC(CC1CCCC1)c1c(Cl)cnn1CC. The summed E-state index contributed by atoms with van der Waals surface area (Å²) < 4.78 is 2.03. The van der Waals surface area contributed by atoms with Crippen LogP contribution in [0.3, 0.4) is 0 Å². The summed E-state index contributed by atoms with van der Waals surface area (Å²) >= 11 is 6.32. The Morgan fingerprint density at radius 2 is 2.17 bits per heavy atom. The first-order chi connectivity index (χ1) is 8.76. The third kappa shape index (κ3) is 3.07. The lowest BCUT2D eigenvalue weighted by Crippen LogP contribution is -2.26. The fraction of sp³-hybridized carbons (Fsp3) is 0.786. The maximum absolute atomic E-state index is 6.32. The van der Waals surface area contributed by atoms with Crippen LogP contribution in [0.4, 0.5) is 0 Å². The number of halogens is 1. The van der Waals surface area contributed by atoms with Crippen molar-refractivity contribution in [1.82, 2.24) is 15.1 Å². The molecule has 102 valence electrons. The van der Waals surface area contributed by atoms with Gasteiger partial charge in [0.1, 0.15) is 0 Å². The molecular weight excluding hydrogens is 246 g/mol. The van der Waals surface area contributed by atoms with E-state index in [1.165, 1.54) is 37.8 Å². The Hall–Kier alpha value is -0.540. The number of hydrogen-bond donors (Lipinski definition) is 1. The van der Waals surface area contributed by atoms with Crippen LogP contribution in [-0.2, 0) is 6.54 Å². The van der Waals surface area contributed by atoms with Crippen molar-refractivity contribution in [2.75, 3.05) is 6.54 Å². The number of aromatic nitrogens is 2. The molecule has 1 aromatic heterocycles. The minimum absolute atomic E-state index is 0.355. The van der Waals surface area contributed by atoms with E-state index in [-0.39, 0.29) is 0 Å². The minimum Gasteiger partial charge on any atom is -0.309 e. The van der Waals surface area contributed by atoms with Crippen LogP contribution in [0.15, 0.2) is 6.20 Å². The molecule has 18 heavy (non-hydrogen) atoms. The molecular formula is C14H24ClN3. The van der Waals surface area contributed by atoms with Crippen molar-refractivity contribution in [2.45, 2.75) is 58.5 Å². The summed E-state index contributed by atoms with van der Waals surface area (Å²) in [6.07, 6.45) is 8.51. The van der Waals surface area contributed by atoms with Crippen LogP contribution >= 0.6 is 11.6 Å². The largest absolute Gasteiger partial charge is 0.309 e. The fourth-order valence-corrected chi connectivity index (χ4v) is 3.36. The molecule has 1 aliphatic carbocycles. The lowest BCUT2D eigenvalue weighted by molar-refractivity contribution is 0.381. The average Bonchev–Trinajstić information content (AvgIpc) is 2.98. The fourth-order valence-electron chi connectivity index (χ4n) is 3.09. The van der Waals surface area contributed by atoms with Crippen molar-refractivity contribution in [3.05, 3.63) is 16.9 Å². The van der Waals surface area contributed by atoms with Gasteiger partial charge in [-0.3, -0.25) is 4.68 Å². The number of nitrogens with zero attached hydrogens (tertiary/aromatic N) is 2. The summed E-state index contributed by atoms with van der Waals surface area (Å²) in [5.41, 5.74) is 1.17. The molecule has 0 amide bonds. The van der Waals surface area contributed by atoms with E-state index >= 15 is 0 Å². The summed E-state index contributed by atoms with van der Waals surface area (Å²) in [6.45, 7) is 6.13. The standard InChI is InChI=1S/C14H24ClN3/c1-3-16-13(9-11-7-5-6-8-11)14-12(15)10-17-18(14)4-2/h10-11,13,16H,3-9H2,1-2H3. The third-order valence-electron chi connectivity index (χ3n) is 3.96. The molecule has 1 aromatic rings. The zero-order valence-electron chi connectivity index (χ0n) is 11.5. The Labute approximate surface area is 115 Å². The Morgan fingerprint density at radius 3 is 2.78 bits per heavy atom. The zero-order chi connectivity index (χ0) is 13.0. The van der Waals surface area contributed by atoms with Gasteiger partial charge >= 0.3 is 0 Å². The highest BCUT2D eigenvalue weighted by molar-refractivity contribution is 6.31. The van der Waals surface area contributed by atoms with Gasteiger partial charge in [-0.05, 0) is 25.8 Å². The van der Waals surface area contributed by atoms with Crippen LogP contribution < -0.4 is 5.32 Å². The Bertz CT molecular complexity index is 369. The van der Waals surface area contributed by atoms with Gasteiger partial charge in [-0.1, -0.05) is 44.2 Å². The average molecular weight is 270 g/mol. The second kappa shape index (κ2) is 6.58. The van der Waals surface area contributed by atoms with Crippen LogP contribution in [0.25, 0.3) is 0 Å². The van der Waals surface area contributed by atoms with E-state index in [4.69, 9.17) is 11.6 Å². The number of nitrogens with one attached hydrogen (secondary N) is 1. The highest BCUT2D eigenvalue weighted by atomic mass is 35.5. The van der Waals surface area contributed by atoms with E-state index < -0.39 is 0 Å². The molecule has 1 atom stereocenters. The summed E-state index contributed by atoms with van der Waals surface area (Å²) in [7, 11) is 0. The molecule has 0 saturated heterocycles. The van der Waals surface area contributed by atoms with Crippen LogP contribution in [0.1, 0.15) is 57.7 Å². The van der Waals surface area contributed by atoms with Crippen molar-refractivity contribution in [2.24, 2.45) is 5.92 Å². The third-order valence-corrected chi connectivity index (χ3v) is 4.25. The van der Waals surface area contributed by atoms with Gasteiger partial charge in [-0.25, -0.2) is 0 Å². The highest BCUT2D eigenvalue weighted by Gasteiger charge is 2.24. The van der Waals surface area contributed by atoms with E-state index in [2.05, 4.69) is 24.3 Å². The van der Waals surface area contributed by atoms with E-state index in [0.717, 1.165) is 24.0 Å². The maximum atomic E-state index is 6.32. The monoisotopic (exact) mass is 269 g/mol. The molecule has 1 saturated carbocycles. The molecule has 2 rings (SSSR count). The molecule has 1 unspecified atom stereocenters. The molecule has 0 spiro atoms. The van der Waals surface area contributed by atoms with Gasteiger partial charge in [0.2, 0.25) is 0 Å². The Morgan fingerprint density at radius 1 is 1.44 bits per heavy atom. The van der Waals surface area contributed by atoms with E-state index in [1.54, 1.807) is 6.20 Å². The van der Waals surface area contributed by atoms with Gasteiger partial charge in [0.15, 0.2) is 0 Å². The highest BCUT2D eigenvalue weighted by Crippen LogP contribution is 2.35. The van der Waals surface area contributed by atoms with E-state index in [0.29, 0.717) is 6.04 Å². The first-order valence-electron chi connectivity index (χ1n) is 7.20. The molecule has 0 aromatic carbocycles. The van der Waals surface area contributed by atoms with Crippen molar-refractivity contribution in [3.63, 3.8) is 0 Å². The molecule has 1 N–H and O–H groups in total. The molecule has 1 heterocycles. The van der Waals surface area contributed by atoms with Gasteiger partial charge in [-0.15, -0.1) is 0 Å².